The molecular weight excluding hydrogens is 254 g/mol. The Morgan fingerprint density at radius 3 is 2.80 bits per heavy atom. The Bertz CT molecular complexity index is 470. The Balaban J connectivity index is 2.06. The van der Waals surface area contributed by atoms with Crippen molar-refractivity contribution >= 4 is 5.91 Å². The monoisotopic (exact) mass is 277 g/mol. The Kier molecular flexibility index (Phi) is 4.95. The zero-order valence-electron chi connectivity index (χ0n) is 12.5. The lowest BCUT2D eigenvalue weighted by Gasteiger charge is -2.22. The summed E-state index contributed by atoms with van der Waals surface area (Å²) in [5.41, 5.74) is 1.79. The molecule has 110 valence electrons. The van der Waals surface area contributed by atoms with Gasteiger partial charge in [-0.2, -0.15) is 0 Å². The molecule has 1 aliphatic rings. The summed E-state index contributed by atoms with van der Waals surface area (Å²) < 4.78 is 5.83. The minimum atomic E-state index is -0.465. The molecule has 1 fully saturated rings. The largest absolute Gasteiger partial charge is 0.479 e. The van der Waals surface area contributed by atoms with E-state index in [2.05, 4.69) is 10.3 Å². The molecule has 5 heteroatoms. The molecule has 1 amide bonds. The van der Waals surface area contributed by atoms with Crippen molar-refractivity contribution in [3.63, 3.8) is 0 Å². The fourth-order valence-corrected chi connectivity index (χ4v) is 2.43. The lowest BCUT2D eigenvalue weighted by Crippen LogP contribution is -2.38. The summed E-state index contributed by atoms with van der Waals surface area (Å²) >= 11 is 0. The van der Waals surface area contributed by atoms with Gasteiger partial charge in [0.2, 0.25) is 0 Å². The van der Waals surface area contributed by atoms with Crippen LogP contribution in [0.2, 0.25) is 0 Å². The van der Waals surface area contributed by atoms with Gasteiger partial charge in [-0.05, 0) is 45.9 Å². The molecule has 0 aromatic carbocycles. The highest BCUT2D eigenvalue weighted by Crippen LogP contribution is 2.20. The second-order valence-electron chi connectivity index (χ2n) is 5.22. The van der Waals surface area contributed by atoms with Gasteiger partial charge in [-0.25, -0.2) is 0 Å². The average Bonchev–Trinajstić information content (AvgIpc) is 2.95. The van der Waals surface area contributed by atoms with Gasteiger partial charge in [0.1, 0.15) is 5.75 Å². The molecule has 0 aliphatic carbocycles. The first-order valence-corrected chi connectivity index (χ1v) is 7.18. The maximum Gasteiger partial charge on any atom is 0.263 e. The van der Waals surface area contributed by atoms with Crippen molar-refractivity contribution in [3.05, 3.63) is 23.5 Å². The number of ether oxygens (including phenoxy) is 1. The van der Waals surface area contributed by atoms with E-state index in [1.54, 1.807) is 0 Å². The number of nitrogens with zero attached hydrogens (tertiary/aromatic N) is 2. The molecule has 2 rings (SSSR count). The van der Waals surface area contributed by atoms with Gasteiger partial charge in [-0.15, -0.1) is 0 Å². The van der Waals surface area contributed by atoms with E-state index >= 15 is 0 Å². The van der Waals surface area contributed by atoms with E-state index in [9.17, 15) is 4.79 Å². The molecule has 0 radical (unpaired) electrons. The first-order valence-electron chi connectivity index (χ1n) is 7.18. The Morgan fingerprint density at radius 2 is 2.15 bits per heavy atom. The van der Waals surface area contributed by atoms with E-state index in [-0.39, 0.29) is 5.91 Å². The van der Waals surface area contributed by atoms with Crippen molar-refractivity contribution in [2.75, 3.05) is 20.1 Å². The van der Waals surface area contributed by atoms with Crippen molar-refractivity contribution in [1.82, 2.24) is 15.2 Å². The van der Waals surface area contributed by atoms with Crippen LogP contribution in [0.1, 0.15) is 31.2 Å². The summed E-state index contributed by atoms with van der Waals surface area (Å²) in [6, 6.07) is 3.80. The van der Waals surface area contributed by atoms with Crippen molar-refractivity contribution < 1.29 is 9.53 Å². The van der Waals surface area contributed by atoms with Crippen LogP contribution >= 0.6 is 0 Å². The topological polar surface area (TPSA) is 54.5 Å². The fourth-order valence-electron chi connectivity index (χ4n) is 2.43. The van der Waals surface area contributed by atoms with Crippen molar-refractivity contribution in [2.45, 2.75) is 39.3 Å². The molecule has 20 heavy (non-hydrogen) atoms. The lowest BCUT2D eigenvalue weighted by atomic mass is 10.2. The summed E-state index contributed by atoms with van der Waals surface area (Å²) in [5, 5.41) is 3.07. The SMILES string of the molecule is CNCc1nc(C)ccc1OC(C)C(=O)N1CCCC1. The highest BCUT2D eigenvalue weighted by Gasteiger charge is 2.25. The zero-order chi connectivity index (χ0) is 14.5. The molecule has 1 aromatic rings. The molecule has 0 saturated carbocycles. The molecule has 1 saturated heterocycles. The fraction of sp³-hybridized carbons (Fsp3) is 0.600. The molecule has 2 heterocycles. The predicted octanol–water partition coefficient (Wildman–Crippen LogP) is 1.50. The smallest absolute Gasteiger partial charge is 0.263 e. The van der Waals surface area contributed by atoms with Crippen LogP contribution in [0.5, 0.6) is 5.75 Å². The highest BCUT2D eigenvalue weighted by molar-refractivity contribution is 5.81. The number of aromatic nitrogens is 1. The predicted molar refractivity (Wildman–Crippen MR) is 77.6 cm³/mol. The molecule has 0 spiro atoms. The van der Waals surface area contributed by atoms with Gasteiger partial charge in [0.05, 0.1) is 5.69 Å². The van der Waals surface area contributed by atoms with Crippen LogP contribution in [0.3, 0.4) is 0 Å². The van der Waals surface area contributed by atoms with Crippen LogP contribution in [0.4, 0.5) is 0 Å². The number of carbonyl (C=O) groups is 1. The number of rotatable bonds is 5. The molecule has 1 aliphatic heterocycles. The first-order chi connectivity index (χ1) is 9.61. The number of likely N-dealkylation sites (tertiary alicyclic amines) is 1. The van der Waals surface area contributed by atoms with Crippen LogP contribution in [0.25, 0.3) is 0 Å². The van der Waals surface area contributed by atoms with E-state index in [1.807, 2.05) is 37.9 Å². The number of pyridine rings is 1. The van der Waals surface area contributed by atoms with Crippen LogP contribution < -0.4 is 10.1 Å². The van der Waals surface area contributed by atoms with E-state index in [0.29, 0.717) is 12.3 Å². The van der Waals surface area contributed by atoms with Crippen molar-refractivity contribution in [3.8, 4) is 5.75 Å². The van der Waals surface area contributed by atoms with Gasteiger partial charge in [0.25, 0.3) is 5.91 Å². The second kappa shape index (κ2) is 6.70. The van der Waals surface area contributed by atoms with E-state index in [0.717, 1.165) is 37.3 Å². The van der Waals surface area contributed by atoms with Gasteiger partial charge in [-0.3, -0.25) is 9.78 Å². The van der Waals surface area contributed by atoms with E-state index < -0.39 is 6.10 Å². The lowest BCUT2D eigenvalue weighted by molar-refractivity contribution is -0.136. The maximum atomic E-state index is 12.3. The van der Waals surface area contributed by atoms with Crippen LogP contribution in [-0.4, -0.2) is 42.0 Å². The van der Waals surface area contributed by atoms with Crippen molar-refractivity contribution in [1.29, 1.82) is 0 Å². The van der Waals surface area contributed by atoms with Crippen LogP contribution in [0, 0.1) is 6.92 Å². The number of nitrogens with one attached hydrogen (secondary N) is 1. The number of amides is 1. The maximum absolute atomic E-state index is 12.3. The standard InChI is InChI=1S/C15H23N3O2/c1-11-6-7-14(13(17-11)10-16-3)20-12(2)15(19)18-8-4-5-9-18/h6-7,12,16H,4-5,8-10H2,1-3H3. The normalized spacial score (nSPS) is 16.2. The molecule has 0 bridgehead atoms. The quantitative estimate of drug-likeness (QED) is 0.886. The molecule has 5 nitrogen and oxygen atoms in total. The average molecular weight is 277 g/mol. The van der Waals surface area contributed by atoms with Crippen LogP contribution in [0.15, 0.2) is 12.1 Å². The summed E-state index contributed by atoms with van der Waals surface area (Å²) in [4.78, 5) is 18.6. The van der Waals surface area contributed by atoms with Crippen LogP contribution in [-0.2, 0) is 11.3 Å². The first kappa shape index (κ1) is 14.8. The zero-order valence-corrected chi connectivity index (χ0v) is 12.5. The van der Waals surface area contributed by atoms with E-state index in [4.69, 9.17) is 4.74 Å². The Hall–Kier alpha value is -1.62. The minimum Gasteiger partial charge on any atom is -0.479 e. The third-order valence-corrected chi connectivity index (χ3v) is 3.49. The summed E-state index contributed by atoms with van der Waals surface area (Å²) in [6.45, 7) is 6.08. The molecule has 1 N–H and O–H groups in total. The van der Waals surface area contributed by atoms with E-state index in [1.165, 1.54) is 0 Å². The van der Waals surface area contributed by atoms with Gasteiger partial charge >= 0.3 is 0 Å². The minimum absolute atomic E-state index is 0.0680. The molecule has 1 atom stereocenters. The Morgan fingerprint density at radius 1 is 1.45 bits per heavy atom. The molecular formula is C15H23N3O2. The summed E-state index contributed by atoms with van der Waals surface area (Å²) in [6.07, 6.45) is 1.72. The number of carbonyl (C=O) groups excluding carboxylic acids is 1. The van der Waals surface area contributed by atoms with Gasteiger partial charge in [0, 0.05) is 25.3 Å². The summed E-state index contributed by atoms with van der Waals surface area (Å²) in [7, 11) is 1.87. The number of aryl methyl sites for hydroxylation is 1. The third-order valence-electron chi connectivity index (χ3n) is 3.49. The highest BCUT2D eigenvalue weighted by atomic mass is 16.5. The number of hydrogen-bond acceptors (Lipinski definition) is 4. The van der Waals surface area contributed by atoms with Gasteiger partial charge < -0.3 is 15.0 Å². The third kappa shape index (κ3) is 3.48. The summed E-state index contributed by atoms with van der Waals surface area (Å²) in [5.74, 6) is 0.753. The number of hydrogen-bond donors (Lipinski definition) is 1. The molecule has 1 aromatic heterocycles. The molecule has 1 unspecified atom stereocenters. The van der Waals surface area contributed by atoms with Crippen molar-refractivity contribution in [2.24, 2.45) is 0 Å². The van der Waals surface area contributed by atoms with Gasteiger partial charge in [-0.1, -0.05) is 0 Å². The Labute approximate surface area is 120 Å². The second-order valence-corrected chi connectivity index (χ2v) is 5.22. The van der Waals surface area contributed by atoms with Gasteiger partial charge in [0.15, 0.2) is 6.10 Å².